The van der Waals surface area contributed by atoms with Crippen molar-refractivity contribution < 1.29 is 9.84 Å². The van der Waals surface area contributed by atoms with Crippen LogP contribution in [-0.2, 0) is 5.54 Å². The molecule has 2 unspecified atom stereocenters. The van der Waals surface area contributed by atoms with Crippen LogP contribution in [0.15, 0.2) is 35.8 Å². The SMILES string of the molecule is CCC(C)(NCC(O)c1cccc(OC)c1)c1nccs1. The summed E-state index contributed by atoms with van der Waals surface area (Å²) >= 11 is 1.63. The van der Waals surface area contributed by atoms with E-state index >= 15 is 0 Å². The largest absolute Gasteiger partial charge is 0.497 e. The number of thiazole rings is 1. The summed E-state index contributed by atoms with van der Waals surface area (Å²) in [6, 6.07) is 7.52. The molecular formula is C16H22N2O2S. The molecule has 21 heavy (non-hydrogen) atoms. The van der Waals surface area contributed by atoms with Crippen molar-refractivity contribution in [3.05, 3.63) is 46.4 Å². The maximum atomic E-state index is 10.4. The molecule has 0 aliphatic rings. The third-order valence-corrected chi connectivity index (χ3v) is 4.81. The van der Waals surface area contributed by atoms with Gasteiger partial charge in [0, 0.05) is 18.1 Å². The van der Waals surface area contributed by atoms with Gasteiger partial charge in [-0.15, -0.1) is 11.3 Å². The van der Waals surface area contributed by atoms with Gasteiger partial charge in [-0.2, -0.15) is 0 Å². The quantitative estimate of drug-likeness (QED) is 0.825. The Kier molecular flexibility index (Phi) is 5.33. The van der Waals surface area contributed by atoms with E-state index in [4.69, 9.17) is 4.74 Å². The minimum atomic E-state index is -0.578. The fourth-order valence-electron chi connectivity index (χ4n) is 2.14. The van der Waals surface area contributed by atoms with Crippen LogP contribution in [0, 0.1) is 0 Å². The zero-order chi connectivity index (χ0) is 15.3. The molecule has 0 spiro atoms. The lowest BCUT2D eigenvalue weighted by molar-refractivity contribution is 0.156. The molecule has 1 aromatic heterocycles. The van der Waals surface area contributed by atoms with Crippen molar-refractivity contribution in [3.63, 3.8) is 0 Å². The molecule has 2 atom stereocenters. The highest BCUT2D eigenvalue weighted by Crippen LogP contribution is 2.27. The van der Waals surface area contributed by atoms with Gasteiger partial charge in [-0.25, -0.2) is 4.98 Å². The van der Waals surface area contributed by atoms with Crippen molar-refractivity contribution in [2.24, 2.45) is 0 Å². The molecule has 114 valence electrons. The number of nitrogens with one attached hydrogen (secondary N) is 1. The summed E-state index contributed by atoms with van der Waals surface area (Å²) in [6.45, 7) is 4.70. The minimum absolute atomic E-state index is 0.214. The molecule has 2 N–H and O–H groups in total. The Balaban J connectivity index is 2.04. The molecule has 0 saturated carbocycles. The van der Waals surface area contributed by atoms with Gasteiger partial charge in [0.25, 0.3) is 0 Å². The topological polar surface area (TPSA) is 54.4 Å². The number of nitrogens with zero attached hydrogens (tertiary/aromatic N) is 1. The van der Waals surface area contributed by atoms with Crippen LogP contribution in [0.3, 0.4) is 0 Å². The van der Waals surface area contributed by atoms with E-state index < -0.39 is 6.10 Å². The fraction of sp³-hybridized carbons (Fsp3) is 0.438. The Morgan fingerprint density at radius 1 is 1.48 bits per heavy atom. The number of benzene rings is 1. The molecular weight excluding hydrogens is 284 g/mol. The first-order valence-electron chi connectivity index (χ1n) is 7.06. The molecule has 0 fully saturated rings. The first-order valence-corrected chi connectivity index (χ1v) is 7.94. The van der Waals surface area contributed by atoms with Gasteiger partial charge in [0.15, 0.2) is 0 Å². The molecule has 4 nitrogen and oxygen atoms in total. The van der Waals surface area contributed by atoms with Gasteiger partial charge in [0.2, 0.25) is 0 Å². The number of aliphatic hydroxyl groups excluding tert-OH is 1. The molecule has 0 saturated heterocycles. The van der Waals surface area contributed by atoms with Crippen LogP contribution < -0.4 is 10.1 Å². The Morgan fingerprint density at radius 3 is 2.90 bits per heavy atom. The Morgan fingerprint density at radius 2 is 2.29 bits per heavy atom. The van der Waals surface area contributed by atoms with Gasteiger partial charge in [-0.3, -0.25) is 0 Å². The van der Waals surface area contributed by atoms with Gasteiger partial charge in [-0.1, -0.05) is 19.1 Å². The second-order valence-electron chi connectivity index (χ2n) is 5.20. The monoisotopic (exact) mass is 306 g/mol. The fourth-order valence-corrected chi connectivity index (χ4v) is 2.99. The maximum Gasteiger partial charge on any atom is 0.119 e. The van der Waals surface area contributed by atoms with Crippen LogP contribution in [-0.4, -0.2) is 23.7 Å². The molecule has 5 heteroatoms. The van der Waals surface area contributed by atoms with Crippen molar-refractivity contribution in [2.75, 3.05) is 13.7 Å². The van der Waals surface area contributed by atoms with E-state index in [1.54, 1.807) is 18.4 Å². The van der Waals surface area contributed by atoms with Crippen molar-refractivity contribution in [1.29, 1.82) is 0 Å². The molecule has 2 rings (SSSR count). The Labute approximate surface area is 129 Å². The number of hydrogen-bond acceptors (Lipinski definition) is 5. The lowest BCUT2D eigenvalue weighted by atomic mass is 9.99. The first-order chi connectivity index (χ1) is 10.1. The molecule has 2 aromatic rings. The third-order valence-electron chi connectivity index (χ3n) is 3.78. The predicted molar refractivity (Wildman–Crippen MR) is 85.7 cm³/mol. The van der Waals surface area contributed by atoms with Crippen LogP contribution >= 0.6 is 11.3 Å². The lowest BCUT2D eigenvalue weighted by Crippen LogP contribution is -2.41. The predicted octanol–water partition coefficient (Wildman–Crippen LogP) is 3.10. The molecule has 0 aliphatic heterocycles. The van der Waals surface area contributed by atoms with Crippen LogP contribution in [0.5, 0.6) is 5.75 Å². The number of hydrogen-bond donors (Lipinski definition) is 2. The van der Waals surface area contributed by atoms with Crippen molar-refractivity contribution in [1.82, 2.24) is 10.3 Å². The standard InChI is InChI=1S/C16H22N2O2S/c1-4-16(2,15-17-8-9-21-15)18-11-14(19)12-6-5-7-13(10-12)20-3/h5-10,14,18-19H,4,11H2,1-3H3. The Hall–Kier alpha value is -1.43. The van der Waals surface area contributed by atoms with E-state index in [0.717, 1.165) is 22.7 Å². The van der Waals surface area contributed by atoms with E-state index in [2.05, 4.69) is 24.1 Å². The summed E-state index contributed by atoms with van der Waals surface area (Å²) < 4.78 is 5.19. The smallest absolute Gasteiger partial charge is 0.119 e. The average Bonchev–Trinajstić information content (AvgIpc) is 3.07. The molecule has 0 radical (unpaired) electrons. The molecule has 0 bridgehead atoms. The summed E-state index contributed by atoms with van der Waals surface area (Å²) in [5.41, 5.74) is 0.632. The van der Waals surface area contributed by atoms with Crippen molar-refractivity contribution >= 4 is 11.3 Å². The van der Waals surface area contributed by atoms with Gasteiger partial charge < -0.3 is 15.2 Å². The van der Waals surface area contributed by atoms with E-state index in [1.165, 1.54) is 0 Å². The zero-order valence-corrected chi connectivity index (χ0v) is 13.5. The summed E-state index contributed by atoms with van der Waals surface area (Å²) in [5.74, 6) is 0.754. The highest BCUT2D eigenvalue weighted by atomic mass is 32.1. The average molecular weight is 306 g/mol. The molecule has 1 aromatic carbocycles. The van der Waals surface area contributed by atoms with E-state index in [9.17, 15) is 5.11 Å². The van der Waals surface area contributed by atoms with Crippen molar-refractivity contribution in [3.8, 4) is 5.75 Å². The summed E-state index contributed by atoms with van der Waals surface area (Å²) in [6.07, 6.45) is 2.14. The number of ether oxygens (including phenoxy) is 1. The zero-order valence-electron chi connectivity index (χ0n) is 12.7. The van der Waals surface area contributed by atoms with E-state index in [1.807, 2.05) is 35.8 Å². The highest BCUT2D eigenvalue weighted by Gasteiger charge is 2.27. The second kappa shape index (κ2) is 7.02. The van der Waals surface area contributed by atoms with Crippen LogP contribution in [0.4, 0.5) is 0 Å². The van der Waals surface area contributed by atoms with Crippen molar-refractivity contribution in [2.45, 2.75) is 31.9 Å². The molecule has 0 amide bonds. The molecule has 1 heterocycles. The number of aromatic nitrogens is 1. The van der Waals surface area contributed by atoms with Crippen LogP contribution in [0.1, 0.15) is 36.9 Å². The van der Waals surface area contributed by atoms with Crippen LogP contribution in [0.25, 0.3) is 0 Å². The summed E-state index contributed by atoms with van der Waals surface area (Å²) in [5, 5.41) is 16.8. The summed E-state index contributed by atoms with van der Waals surface area (Å²) in [7, 11) is 1.63. The summed E-state index contributed by atoms with van der Waals surface area (Å²) in [4.78, 5) is 4.39. The highest BCUT2D eigenvalue weighted by molar-refractivity contribution is 7.09. The van der Waals surface area contributed by atoms with E-state index in [-0.39, 0.29) is 5.54 Å². The minimum Gasteiger partial charge on any atom is -0.497 e. The second-order valence-corrected chi connectivity index (χ2v) is 6.09. The number of methoxy groups -OCH3 is 1. The maximum absolute atomic E-state index is 10.4. The van der Waals surface area contributed by atoms with Gasteiger partial charge in [-0.05, 0) is 31.0 Å². The normalized spacial score (nSPS) is 15.4. The van der Waals surface area contributed by atoms with Crippen LogP contribution in [0.2, 0.25) is 0 Å². The lowest BCUT2D eigenvalue weighted by Gasteiger charge is -2.29. The van der Waals surface area contributed by atoms with Gasteiger partial charge in [0.05, 0.1) is 18.8 Å². The van der Waals surface area contributed by atoms with Gasteiger partial charge in [0.1, 0.15) is 10.8 Å². The molecule has 0 aliphatic carbocycles. The Bertz CT molecular complexity index is 559. The first kappa shape index (κ1) is 15.9. The van der Waals surface area contributed by atoms with E-state index in [0.29, 0.717) is 6.54 Å². The van der Waals surface area contributed by atoms with Gasteiger partial charge >= 0.3 is 0 Å². The number of aliphatic hydroxyl groups is 1. The third kappa shape index (κ3) is 3.81. The number of rotatable bonds is 7.